The molecule has 0 radical (unpaired) electrons. The smallest absolute Gasteiger partial charge is 0.268 e. The Kier molecular flexibility index (Phi) is 5.02. The number of halogens is 1. The minimum absolute atomic E-state index is 0.0302. The Balaban J connectivity index is 2.14. The fraction of sp³-hybridized carbons (Fsp3) is 0.263. The van der Waals surface area contributed by atoms with E-state index in [4.69, 9.17) is 4.74 Å². The summed E-state index contributed by atoms with van der Waals surface area (Å²) in [5.74, 6) is 0.0684. The quantitative estimate of drug-likeness (QED) is 0.663. The van der Waals surface area contributed by atoms with Crippen LogP contribution in [-0.2, 0) is 10.0 Å². The summed E-state index contributed by atoms with van der Waals surface area (Å²) in [5, 5.41) is 0.731. The highest BCUT2D eigenvalue weighted by atomic mass is 32.2. The molecule has 0 N–H and O–H groups in total. The molecule has 7 heteroatoms. The lowest BCUT2D eigenvalue weighted by molar-refractivity contribution is 0.262. The fourth-order valence-electron chi connectivity index (χ4n) is 2.84. The molecule has 0 aliphatic rings. The maximum absolute atomic E-state index is 13.2. The first-order chi connectivity index (χ1) is 12.3. The van der Waals surface area contributed by atoms with E-state index in [1.807, 2.05) is 31.1 Å². The van der Waals surface area contributed by atoms with E-state index >= 15 is 0 Å². The second-order valence-corrected chi connectivity index (χ2v) is 8.09. The van der Waals surface area contributed by atoms with Gasteiger partial charge >= 0.3 is 0 Å². The molecule has 138 valence electrons. The summed E-state index contributed by atoms with van der Waals surface area (Å²) in [6.07, 6.45) is 0. The van der Waals surface area contributed by atoms with Gasteiger partial charge < -0.3 is 9.64 Å². The maximum Gasteiger partial charge on any atom is 0.268 e. The largest absolute Gasteiger partial charge is 0.490 e. The van der Waals surface area contributed by atoms with E-state index in [0.29, 0.717) is 30.1 Å². The molecule has 0 saturated carbocycles. The molecule has 0 aliphatic heterocycles. The first-order valence-corrected chi connectivity index (χ1v) is 9.65. The summed E-state index contributed by atoms with van der Waals surface area (Å²) in [5.41, 5.74) is 1.03. The van der Waals surface area contributed by atoms with Crippen LogP contribution in [0.5, 0.6) is 5.75 Å². The molecule has 1 heterocycles. The van der Waals surface area contributed by atoms with Gasteiger partial charge in [-0.25, -0.2) is 16.8 Å². The molecule has 2 aromatic carbocycles. The Morgan fingerprint density at radius 3 is 2.38 bits per heavy atom. The maximum atomic E-state index is 13.2. The van der Waals surface area contributed by atoms with Crippen LogP contribution in [0.1, 0.15) is 5.69 Å². The minimum Gasteiger partial charge on any atom is -0.490 e. The minimum atomic E-state index is -3.87. The first kappa shape index (κ1) is 18.4. The SMILES string of the molecule is Cc1c(OCCN(C)C)c2ccccc2n1S(=O)(=O)c1ccc(F)cc1. The van der Waals surface area contributed by atoms with Gasteiger partial charge in [0.2, 0.25) is 0 Å². The molecule has 0 amide bonds. The molecular formula is C19H21FN2O3S. The van der Waals surface area contributed by atoms with Crippen molar-refractivity contribution in [3.8, 4) is 5.75 Å². The zero-order valence-electron chi connectivity index (χ0n) is 14.9. The van der Waals surface area contributed by atoms with E-state index in [1.54, 1.807) is 19.1 Å². The van der Waals surface area contributed by atoms with Crippen LogP contribution in [0.3, 0.4) is 0 Å². The van der Waals surface area contributed by atoms with Gasteiger partial charge in [-0.2, -0.15) is 0 Å². The van der Waals surface area contributed by atoms with Crippen molar-refractivity contribution in [2.75, 3.05) is 27.2 Å². The summed E-state index contributed by atoms with van der Waals surface area (Å²) in [7, 11) is 0.0119. The number of ether oxygens (including phenoxy) is 1. The van der Waals surface area contributed by atoms with Crippen molar-refractivity contribution in [2.24, 2.45) is 0 Å². The number of benzene rings is 2. The van der Waals surface area contributed by atoms with Gasteiger partial charge in [0.05, 0.1) is 16.1 Å². The number of rotatable bonds is 6. The van der Waals surface area contributed by atoms with Crippen LogP contribution in [-0.4, -0.2) is 44.5 Å². The van der Waals surface area contributed by atoms with Crippen molar-refractivity contribution in [1.82, 2.24) is 8.87 Å². The highest BCUT2D eigenvalue weighted by Gasteiger charge is 2.25. The zero-order valence-corrected chi connectivity index (χ0v) is 15.8. The second kappa shape index (κ2) is 7.09. The van der Waals surface area contributed by atoms with Gasteiger partial charge in [0.1, 0.15) is 18.2 Å². The lowest BCUT2D eigenvalue weighted by Gasteiger charge is -2.12. The van der Waals surface area contributed by atoms with E-state index in [1.165, 1.54) is 16.1 Å². The number of likely N-dealkylation sites (N-methyl/N-ethyl adjacent to an activating group) is 1. The summed E-state index contributed by atoms with van der Waals surface area (Å²) in [6.45, 7) is 2.87. The van der Waals surface area contributed by atoms with Crippen LogP contribution < -0.4 is 4.74 Å². The summed E-state index contributed by atoms with van der Waals surface area (Å²) in [4.78, 5) is 2.02. The normalized spacial score (nSPS) is 12.0. The predicted octanol–water partition coefficient (Wildman–Crippen LogP) is 3.27. The molecule has 1 aromatic heterocycles. The van der Waals surface area contributed by atoms with Crippen molar-refractivity contribution < 1.29 is 17.5 Å². The summed E-state index contributed by atoms with van der Waals surface area (Å²) >= 11 is 0. The van der Waals surface area contributed by atoms with Crippen molar-refractivity contribution in [2.45, 2.75) is 11.8 Å². The van der Waals surface area contributed by atoms with Gasteiger partial charge in [-0.15, -0.1) is 0 Å². The Morgan fingerprint density at radius 1 is 1.08 bits per heavy atom. The first-order valence-electron chi connectivity index (χ1n) is 8.21. The molecule has 3 aromatic rings. The van der Waals surface area contributed by atoms with Crippen LogP contribution in [0.2, 0.25) is 0 Å². The molecule has 26 heavy (non-hydrogen) atoms. The molecule has 0 saturated heterocycles. The second-order valence-electron chi connectivity index (χ2n) is 6.31. The average Bonchev–Trinajstić information content (AvgIpc) is 2.87. The van der Waals surface area contributed by atoms with Crippen molar-refractivity contribution in [3.05, 3.63) is 60.0 Å². The van der Waals surface area contributed by atoms with Crippen LogP contribution in [0.4, 0.5) is 4.39 Å². The number of hydrogen-bond acceptors (Lipinski definition) is 4. The van der Waals surface area contributed by atoms with Crippen LogP contribution in [0, 0.1) is 12.7 Å². The van der Waals surface area contributed by atoms with E-state index in [0.717, 1.165) is 17.5 Å². The monoisotopic (exact) mass is 376 g/mol. The third kappa shape index (κ3) is 3.32. The third-order valence-electron chi connectivity index (χ3n) is 4.14. The topological polar surface area (TPSA) is 51.5 Å². The van der Waals surface area contributed by atoms with Crippen LogP contribution in [0.25, 0.3) is 10.9 Å². The van der Waals surface area contributed by atoms with Crippen molar-refractivity contribution >= 4 is 20.9 Å². The van der Waals surface area contributed by atoms with Gasteiger partial charge in [-0.05, 0) is 57.4 Å². The highest BCUT2D eigenvalue weighted by molar-refractivity contribution is 7.90. The Bertz CT molecular complexity index is 1020. The summed E-state index contributed by atoms with van der Waals surface area (Å²) in [6, 6.07) is 12.0. The third-order valence-corrected chi connectivity index (χ3v) is 5.96. The average molecular weight is 376 g/mol. The molecule has 3 rings (SSSR count). The lowest BCUT2D eigenvalue weighted by Crippen LogP contribution is -2.20. The standard InChI is InChI=1S/C19H21FN2O3S/c1-14-19(25-13-12-21(2)3)17-6-4-5-7-18(17)22(14)26(23,24)16-10-8-15(20)9-11-16/h4-11H,12-13H2,1-3H3. The Hall–Kier alpha value is -2.38. The number of nitrogens with zero attached hydrogens (tertiary/aromatic N) is 2. The van der Waals surface area contributed by atoms with Gasteiger partial charge in [0, 0.05) is 11.9 Å². The van der Waals surface area contributed by atoms with Gasteiger partial charge in [-0.1, -0.05) is 12.1 Å². The van der Waals surface area contributed by atoms with E-state index < -0.39 is 15.8 Å². The fourth-order valence-corrected chi connectivity index (χ4v) is 4.40. The van der Waals surface area contributed by atoms with E-state index in [9.17, 15) is 12.8 Å². The van der Waals surface area contributed by atoms with Crippen LogP contribution >= 0.6 is 0 Å². The number of fused-ring (bicyclic) bond motifs is 1. The molecule has 0 bridgehead atoms. The molecule has 5 nitrogen and oxygen atoms in total. The van der Waals surface area contributed by atoms with Crippen molar-refractivity contribution in [3.63, 3.8) is 0 Å². The van der Waals surface area contributed by atoms with Crippen LogP contribution in [0.15, 0.2) is 53.4 Å². The highest BCUT2D eigenvalue weighted by Crippen LogP contribution is 2.35. The molecular weight excluding hydrogens is 355 g/mol. The van der Waals surface area contributed by atoms with E-state index in [-0.39, 0.29) is 4.90 Å². The van der Waals surface area contributed by atoms with Gasteiger partial charge in [0.25, 0.3) is 10.0 Å². The van der Waals surface area contributed by atoms with E-state index in [2.05, 4.69) is 0 Å². The Labute approximate surface area is 152 Å². The number of hydrogen-bond donors (Lipinski definition) is 0. The Morgan fingerprint density at radius 2 is 1.73 bits per heavy atom. The number of para-hydroxylation sites is 1. The molecule has 0 atom stereocenters. The lowest BCUT2D eigenvalue weighted by atomic mass is 10.2. The molecule has 0 fully saturated rings. The number of aromatic nitrogens is 1. The van der Waals surface area contributed by atoms with Gasteiger partial charge in [-0.3, -0.25) is 0 Å². The summed E-state index contributed by atoms with van der Waals surface area (Å²) < 4.78 is 46.7. The predicted molar refractivity (Wildman–Crippen MR) is 99.7 cm³/mol. The van der Waals surface area contributed by atoms with Gasteiger partial charge in [0.15, 0.2) is 0 Å². The van der Waals surface area contributed by atoms with Crippen molar-refractivity contribution in [1.29, 1.82) is 0 Å². The molecule has 0 unspecified atom stereocenters. The molecule has 0 aliphatic carbocycles. The molecule has 0 spiro atoms. The zero-order chi connectivity index (χ0) is 18.9.